The molecular formula is C15H19F2N3. The molecule has 0 saturated heterocycles. The molecule has 0 aliphatic rings. The summed E-state index contributed by atoms with van der Waals surface area (Å²) >= 11 is 0. The molecule has 0 fully saturated rings. The van der Waals surface area contributed by atoms with Crippen molar-refractivity contribution in [1.29, 1.82) is 0 Å². The van der Waals surface area contributed by atoms with E-state index in [0.29, 0.717) is 12.0 Å². The first-order valence-electron chi connectivity index (χ1n) is 6.75. The fourth-order valence-corrected chi connectivity index (χ4v) is 2.25. The molecule has 1 atom stereocenters. The lowest BCUT2D eigenvalue weighted by molar-refractivity contribution is 0.488. The summed E-state index contributed by atoms with van der Waals surface area (Å²) in [5, 5.41) is 3.37. The Morgan fingerprint density at radius 3 is 2.50 bits per heavy atom. The lowest BCUT2D eigenvalue weighted by Gasteiger charge is -2.18. The van der Waals surface area contributed by atoms with Crippen molar-refractivity contribution < 1.29 is 8.78 Å². The normalized spacial score (nSPS) is 12.6. The van der Waals surface area contributed by atoms with Crippen LogP contribution in [-0.4, -0.2) is 16.1 Å². The second-order valence-corrected chi connectivity index (χ2v) is 4.88. The standard InChI is InChI=1S/C15H19F2N3/c1-3-4-18-14(15-19-5-6-20(15)2)9-11-7-12(16)10-13(17)8-11/h5-8,10,14,18H,3-4,9H2,1-2H3. The van der Waals surface area contributed by atoms with Crippen molar-refractivity contribution in [3.05, 3.63) is 53.6 Å². The maximum atomic E-state index is 13.3. The van der Waals surface area contributed by atoms with Crippen molar-refractivity contribution >= 4 is 0 Å². The van der Waals surface area contributed by atoms with Crippen molar-refractivity contribution in [3.8, 4) is 0 Å². The molecule has 1 aromatic carbocycles. The SMILES string of the molecule is CCCNC(Cc1cc(F)cc(F)c1)c1nccn1C. The van der Waals surface area contributed by atoms with Crippen LogP contribution in [0.5, 0.6) is 0 Å². The number of hydrogen-bond donors (Lipinski definition) is 1. The van der Waals surface area contributed by atoms with Gasteiger partial charge in [-0.05, 0) is 37.1 Å². The molecule has 0 amide bonds. The van der Waals surface area contributed by atoms with E-state index in [4.69, 9.17) is 0 Å². The molecule has 1 N–H and O–H groups in total. The molecule has 108 valence electrons. The fourth-order valence-electron chi connectivity index (χ4n) is 2.25. The Bertz CT molecular complexity index is 546. The maximum absolute atomic E-state index is 13.3. The van der Waals surface area contributed by atoms with Crippen molar-refractivity contribution in [2.45, 2.75) is 25.8 Å². The van der Waals surface area contributed by atoms with Crippen LogP contribution in [0.15, 0.2) is 30.6 Å². The van der Waals surface area contributed by atoms with Crippen molar-refractivity contribution in [2.24, 2.45) is 7.05 Å². The molecule has 0 saturated carbocycles. The Morgan fingerprint density at radius 2 is 1.95 bits per heavy atom. The zero-order valence-electron chi connectivity index (χ0n) is 11.7. The predicted octanol–water partition coefficient (Wildman–Crippen LogP) is 2.98. The number of rotatable bonds is 6. The molecule has 2 aromatic rings. The van der Waals surface area contributed by atoms with Gasteiger partial charge in [0.1, 0.15) is 17.5 Å². The van der Waals surface area contributed by atoms with E-state index in [9.17, 15) is 8.78 Å². The van der Waals surface area contributed by atoms with Crippen LogP contribution in [0.3, 0.4) is 0 Å². The van der Waals surface area contributed by atoms with Gasteiger partial charge in [0.25, 0.3) is 0 Å². The molecular weight excluding hydrogens is 260 g/mol. The van der Waals surface area contributed by atoms with Crippen LogP contribution in [0.2, 0.25) is 0 Å². The van der Waals surface area contributed by atoms with Crippen molar-refractivity contribution in [1.82, 2.24) is 14.9 Å². The third-order valence-electron chi connectivity index (χ3n) is 3.17. The molecule has 5 heteroatoms. The van der Waals surface area contributed by atoms with E-state index in [1.54, 1.807) is 6.20 Å². The number of benzene rings is 1. The smallest absolute Gasteiger partial charge is 0.126 e. The van der Waals surface area contributed by atoms with E-state index in [1.165, 1.54) is 12.1 Å². The average molecular weight is 279 g/mol. The zero-order valence-corrected chi connectivity index (χ0v) is 11.7. The monoisotopic (exact) mass is 279 g/mol. The first kappa shape index (κ1) is 14.7. The number of halogens is 2. The Balaban J connectivity index is 2.21. The highest BCUT2D eigenvalue weighted by molar-refractivity contribution is 5.20. The van der Waals surface area contributed by atoms with Gasteiger partial charge in [-0.1, -0.05) is 6.92 Å². The predicted molar refractivity (Wildman–Crippen MR) is 74.3 cm³/mol. The van der Waals surface area contributed by atoms with Gasteiger partial charge in [0.05, 0.1) is 6.04 Å². The van der Waals surface area contributed by atoms with Gasteiger partial charge < -0.3 is 9.88 Å². The molecule has 0 radical (unpaired) electrons. The summed E-state index contributed by atoms with van der Waals surface area (Å²) in [5.74, 6) is -0.230. The number of hydrogen-bond acceptors (Lipinski definition) is 2. The Morgan fingerprint density at radius 1 is 1.25 bits per heavy atom. The van der Waals surface area contributed by atoms with Gasteiger partial charge in [0.2, 0.25) is 0 Å². The first-order chi connectivity index (χ1) is 9.60. The molecule has 0 aliphatic heterocycles. The summed E-state index contributed by atoms with van der Waals surface area (Å²) in [5.41, 5.74) is 0.624. The Kier molecular flexibility index (Phi) is 4.84. The number of nitrogens with one attached hydrogen (secondary N) is 1. The highest BCUT2D eigenvalue weighted by Gasteiger charge is 2.16. The third-order valence-corrected chi connectivity index (χ3v) is 3.17. The van der Waals surface area contributed by atoms with Crippen molar-refractivity contribution in [2.75, 3.05) is 6.54 Å². The van der Waals surface area contributed by atoms with Gasteiger partial charge in [-0.3, -0.25) is 0 Å². The molecule has 0 aliphatic carbocycles. The minimum atomic E-state index is -0.547. The highest BCUT2D eigenvalue weighted by Crippen LogP contribution is 2.18. The number of imidazole rings is 1. The van der Waals surface area contributed by atoms with E-state index in [2.05, 4.69) is 17.2 Å². The lowest BCUT2D eigenvalue weighted by atomic mass is 10.0. The minimum Gasteiger partial charge on any atom is -0.337 e. The molecule has 1 aromatic heterocycles. The highest BCUT2D eigenvalue weighted by atomic mass is 19.1. The second-order valence-electron chi connectivity index (χ2n) is 4.88. The van der Waals surface area contributed by atoms with Crippen LogP contribution < -0.4 is 5.32 Å². The molecule has 20 heavy (non-hydrogen) atoms. The summed E-state index contributed by atoms with van der Waals surface area (Å²) in [6.45, 7) is 2.90. The van der Waals surface area contributed by atoms with Crippen LogP contribution in [0.1, 0.15) is 30.8 Å². The van der Waals surface area contributed by atoms with Gasteiger partial charge >= 0.3 is 0 Å². The van der Waals surface area contributed by atoms with Crippen LogP contribution in [0.25, 0.3) is 0 Å². The van der Waals surface area contributed by atoms with Crippen LogP contribution in [0.4, 0.5) is 8.78 Å². The fraction of sp³-hybridized carbons (Fsp3) is 0.400. The number of aryl methyl sites for hydroxylation is 1. The van der Waals surface area contributed by atoms with Crippen LogP contribution >= 0.6 is 0 Å². The third kappa shape index (κ3) is 3.63. The van der Waals surface area contributed by atoms with E-state index >= 15 is 0 Å². The maximum Gasteiger partial charge on any atom is 0.126 e. The quantitative estimate of drug-likeness (QED) is 0.881. The molecule has 0 bridgehead atoms. The zero-order chi connectivity index (χ0) is 14.5. The molecule has 1 heterocycles. The topological polar surface area (TPSA) is 29.9 Å². The Labute approximate surface area is 117 Å². The number of nitrogens with zero attached hydrogens (tertiary/aromatic N) is 2. The summed E-state index contributed by atoms with van der Waals surface area (Å²) in [4.78, 5) is 4.32. The van der Waals surface area contributed by atoms with Gasteiger partial charge in [0, 0.05) is 25.5 Å². The number of aromatic nitrogens is 2. The largest absolute Gasteiger partial charge is 0.337 e. The lowest BCUT2D eigenvalue weighted by Crippen LogP contribution is -2.26. The van der Waals surface area contributed by atoms with E-state index in [-0.39, 0.29) is 6.04 Å². The van der Waals surface area contributed by atoms with Gasteiger partial charge in [0.15, 0.2) is 0 Å². The van der Waals surface area contributed by atoms with E-state index < -0.39 is 11.6 Å². The molecule has 2 rings (SSSR count). The summed E-state index contributed by atoms with van der Waals surface area (Å²) in [6, 6.07) is 3.56. The van der Waals surface area contributed by atoms with E-state index in [1.807, 2.05) is 17.8 Å². The van der Waals surface area contributed by atoms with Gasteiger partial charge in [-0.25, -0.2) is 13.8 Å². The average Bonchev–Trinajstić information content (AvgIpc) is 2.79. The van der Waals surface area contributed by atoms with Crippen LogP contribution in [0, 0.1) is 11.6 Å². The molecule has 0 spiro atoms. The first-order valence-corrected chi connectivity index (χ1v) is 6.75. The van der Waals surface area contributed by atoms with Crippen molar-refractivity contribution in [3.63, 3.8) is 0 Å². The van der Waals surface area contributed by atoms with E-state index in [0.717, 1.165) is 24.9 Å². The van der Waals surface area contributed by atoms with Crippen LogP contribution in [-0.2, 0) is 13.5 Å². The summed E-state index contributed by atoms with van der Waals surface area (Å²) in [7, 11) is 1.91. The molecule has 3 nitrogen and oxygen atoms in total. The second kappa shape index (κ2) is 6.61. The van der Waals surface area contributed by atoms with Gasteiger partial charge in [-0.2, -0.15) is 0 Å². The summed E-state index contributed by atoms with van der Waals surface area (Å²) in [6.07, 6.45) is 5.07. The molecule has 1 unspecified atom stereocenters. The summed E-state index contributed by atoms with van der Waals surface area (Å²) < 4.78 is 28.5. The Hall–Kier alpha value is -1.75. The van der Waals surface area contributed by atoms with Gasteiger partial charge in [-0.15, -0.1) is 0 Å². The minimum absolute atomic E-state index is 0.0591.